The van der Waals surface area contributed by atoms with Crippen LogP contribution in [-0.4, -0.2) is 10.7 Å². The second-order valence-electron chi connectivity index (χ2n) is 2.67. The van der Waals surface area contributed by atoms with Gasteiger partial charge in [0.2, 0.25) is 0 Å². The first-order valence-corrected chi connectivity index (χ1v) is 5.65. The molecule has 0 saturated carbocycles. The number of hydrogen-bond donors (Lipinski definition) is 0. The summed E-state index contributed by atoms with van der Waals surface area (Å²) in [5, 5.41) is 2.21. The maximum absolute atomic E-state index is 4.32. The molecule has 1 aromatic heterocycles. The van der Waals surface area contributed by atoms with E-state index in [1.807, 2.05) is 30.1 Å². The van der Waals surface area contributed by atoms with Crippen molar-refractivity contribution in [2.24, 2.45) is 0 Å². The molecule has 1 heterocycles. The average molecular weight is 193 g/mol. The molecule has 0 atom stereocenters. The number of nitrogens with zero attached hydrogens (tertiary/aromatic N) is 1. The lowest BCUT2D eigenvalue weighted by molar-refractivity contribution is 1.18. The molecule has 1 rings (SSSR count). The Morgan fingerprint density at radius 3 is 2.85 bits per heavy atom. The van der Waals surface area contributed by atoms with Gasteiger partial charge in [0.25, 0.3) is 0 Å². The Morgan fingerprint density at radius 2 is 2.31 bits per heavy atom. The SMILES string of the molecule is CCS/C=C(/CC)c1ccccn1. The van der Waals surface area contributed by atoms with E-state index in [4.69, 9.17) is 0 Å². The first-order chi connectivity index (χ1) is 6.38. The molecule has 0 bridgehead atoms. The third-order valence-electron chi connectivity index (χ3n) is 1.77. The zero-order valence-corrected chi connectivity index (χ0v) is 8.97. The van der Waals surface area contributed by atoms with Gasteiger partial charge in [-0.3, -0.25) is 4.98 Å². The lowest BCUT2D eigenvalue weighted by Crippen LogP contribution is -1.85. The van der Waals surface area contributed by atoms with Gasteiger partial charge in [-0.1, -0.05) is 19.9 Å². The number of rotatable bonds is 4. The van der Waals surface area contributed by atoms with Crippen LogP contribution in [-0.2, 0) is 0 Å². The van der Waals surface area contributed by atoms with Crippen LogP contribution in [0.2, 0.25) is 0 Å². The summed E-state index contributed by atoms with van der Waals surface area (Å²) in [7, 11) is 0. The molecular weight excluding hydrogens is 178 g/mol. The first-order valence-electron chi connectivity index (χ1n) is 4.60. The van der Waals surface area contributed by atoms with Crippen molar-refractivity contribution in [3.8, 4) is 0 Å². The monoisotopic (exact) mass is 193 g/mol. The molecule has 0 fully saturated rings. The van der Waals surface area contributed by atoms with Crippen molar-refractivity contribution in [2.45, 2.75) is 20.3 Å². The number of allylic oxidation sites excluding steroid dienone is 1. The van der Waals surface area contributed by atoms with E-state index in [1.54, 1.807) is 0 Å². The highest BCUT2D eigenvalue weighted by Gasteiger charge is 1.98. The lowest BCUT2D eigenvalue weighted by atomic mass is 10.1. The zero-order valence-electron chi connectivity index (χ0n) is 8.16. The van der Waals surface area contributed by atoms with E-state index in [0.717, 1.165) is 17.9 Å². The zero-order chi connectivity index (χ0) is 9.52. The van der Waals surface area contributed by atoms with Gasteiger partial charge in [-0.15, -0.1) is 11.8 Å². The predicted octanol–water partition coefficient (Wildman–Crippen LogP) is 3.59. The van der Waals surface area contributed by atoms with Crippen LogP contribution in [0.25, 0.3) is 5.57 Å². The molecule has 0 radical (unpaired) electrons. The molecule has 0 unspecified atom stereocenters. The van der Waals surface area contributed by atoms with Crippen LogP contribution in [0.5, 0.6) is 0 Å². The van der Waals surface area contributed by atoms with Gasteiger partial charge in [0.05, 0.1) is 5.69 Å². The van der Waals surface area contributed by atoms with E-state index in [0.29, 0.717) is 0 Å². The van der Waals surface area contributed by atoms with Crippen LogP contribution in [0.15, 0.2) is 29.8 Å². The molecule has 1 aromatic rings. The van der Waals surface area contributed by atoms with Gasteiger partial charge in [0, 0.05) is 6.20 Å². The van der Waals surface area contributed by atoms with Crippen molar-refractivity contribution in [3.05, 3.63) is 35.5 Å². The summed E-state index contributed by atoms with van der Waals surface area (Å²) in [5.74, 6) is 1.12. The molecule has 2 heteroatoms. The van der Waals surface area contributed by atoms with Crippen molar-refractivity contribution >= 4 is 17.3 Å². The van der Waals surface area contributed by atoms with Gasteiger partial charge in [-0.2, -0.15) is 0 Å². The van der Waals surface area contributed by atoms with Crippen LogP contribution >= 0.6 is 11.8 Å². The third kappa shape index (κ3) is 3.23. The Morgan fingerprint density at radius 1 is 1.46 bits per heavy atom. The largest absolute Gasteiger partial charge is 0.257 e. The van der Waals surface area contributed by atoms with Crippen molar-refractivity contribution in [1.29, 1.82) is 0 Å². The minimum Gasteiger partial charge on any atom is -0.257 e. The molecule has 0 aliphatic heterocycles. The number of pyridine rings is 1. The molecule has 13 heavy (non-hydrogen) atoms. The molecule has 0 aliphatic rings. The molecule has 0 N–H and O–H groups in total. The molecule has 70 valence electrons. The van der Waals surface area contributed by atoms with E-state index in [9.17, 15) is 0 Å². The van der Waals surface area contributed by atoms with Crippen LogP contribution in [0.1, 0.15) is 26.0 Å². The van der Waals surface area contributed by atoms with Crippen LogP contribution in [0.3, 0.4) is 0 Å². The lowest BCUT2D eigenvalue weighted by Gasteiger charge is -2.02. The van der Waals surface area contributed by atoms with Crippen molar-refractivity contribution < 1.29 is 0 Å². The van der Waals surface area contributed by atoms with Gasteiger partial charge < -0.3 is 0 Å². The van der Waals surface area contributed by atoms with Crippen molar-refractivity contribution in [3.63, 3.8) is 0 Å². The molecule has 0 aromatic carbocycles. The average Bonchev–Trinajstić information content (AvgIpc) is 2.21. The van der Waals surface area contributed by atoms with Gasteiger partial charge in [0.1, 0.15) is 0 Å². The fourth-order valence-corrected chi connectivity index (χ4v) is 1.72. The summed E-state index contributed by atoms with van der Waals surface area (Å²) >= 11 is 1.83. The van der Waals surface area contributed by atoms with E-state index >= 15 is 0 Å². The highest BCUT2D eigenvalue weighted by atomic mass is 32.2. The Kier molecular flexibility index (Phi) is 4.61. The molecule has 0 spiro atoms. The molecule has 0 amide bonds. The third-order valence-corrected chi connectivity index (χ3v) is 2.55. The fraction of sp³-hybridized carbons (Fsp3) is 0.364. The Balaban J connectivity index is 2.78. The van der Waals surface area contributed by atoms with Gasteiger partial charge in [-0.25, -0.2) is 0 Å². The Bertz CT molecular complexity index is 267. The number of aromatic nitrogens is 1. The summed E-state index contributed by atoms with van der Waals surface area (Å²) in [4.78, 5) is 4.32. The molecule has 1 nitrogen and oxygen atoms in total. The van der Waals surface area contributed by atoms with E-state index in [2.05, 4.69) is 30.3 Å². The predicted molar refractivity (Wildman–Crippen MR) is 60.6 cm³/mol. The van der Waals surface area contributed by atoms with Crippen LogP contribution in [0, 0.1) is 0 Å². The number of hydrogen-bond acceptors (Lipinski definition) is 2. The Labute approximate surface area is 84.3 Å². The van der Waals surface area contributed by atoms with Gasteiger partial charge in [0.15, 0.2) is 0 Å². The summed E-state index contributed by atoms with van der Waals surface area (Å²) < 4.78 is 0. The summed E-state index contributed by atoms with van der Waals surface area (Å²) in [6.45, 7) is 4.32. The second-order valence-corrected chi connectivity index (χ2v) is 3.81. The van der Waals surface area contributed by atoms with Crippen molar-refractivity contribution in [2.75, 3.05) is 5.75 Å². The molecule has 0 aliphatic carbocycles. The van der Waals surface area contributed by atoms with E-state index in [-0.39, 0.29) is 0 Å². The molecular formula is C11H15NS. The van der Waals surface area contributed by atoms with E-state index in [1.165, 1.54) is 5.57 Å². The summed E-state index contributed by atoms with van der Waals surface area (Å²) in [6, 6.07) is 6.04. The van der Waals surface area contributed by atoms with Crippen molar-refractivity contribution in [1.82, 2.24) is 4.98 Å². The minimum absolute atomic E-state index is 1.05. The quantitative estimate of drug-likeness (QED) is 0.725. The highest BCUT2D eigenvalue weighted by Crippen LogP contribution is 2.19. The normalized spacial score (nSPS) is 11.7. The van der Waals surface area contributed by atoms with Gasteiger partial charge in [-0.05, 0) is 35.3 Å². The van der Waals surface area contributed by atoms with Crippen LogP contribution in [0.4, 0.5) is 0 Å². The maximum atomic E-state index is 4.32. The van der Waals surface area contributed by atoms with Gasteiger partial charge >= 0.3 is 0 Å². The number of thioether (sulfide) groups is 1. The summed E-state index contributed by atoms with van der Waals surface area (Å²) in [6.07, 6.45) is 2.89. The summed E-state index contributed by atoms with van der Waals surface area (Å²) in [5.41, 5.74) is 2.43. The van der Waals surface area contributed by atoms with E-state index < -0.39 is 0 Å². The molecule has 0 saturated heterocycles. The smallest absolute Gasteiger partial charge is 0.0666 e. The topological polar surface area (TPSA) is 12.9 Å². The standard InChI is InChI=1S/C11H15NS/c1-3-10(9-13-4-2)11-7-5-6-8-12-11/h5-9H,3-4H2,1-2H3/b10-9-. The maximum Gasteiger partial charge on any atom is 0.0666 e. The van der Waals surface area contributed by atoms with Crippen LogP contribution < -0.4 is 0 Å². The minimum atomic E-state index is 1.05. The Hall–Kier alpha value is -0.760. The second kappa shape index (κ2) is 5.81. The first kappa shape index (κ1) is 10.3. The highest BCUT2D eigenvalue weighted by molar-refractivity contribution is 8.02. The fourth-order valence-electron chi connectivity index (χ4n) is 1.06.